The summed E-state index contributed by atoms with van der Waals surface area (Å²) in [5.74, 6) is 0. The standard InChI is InChI=1S/C14H25NOSi/c1-14(12-16-4,15(2)3)17-11-10-13-8-6-5-7-9-13/h5-9H,10-12,17H2,1-4H3. The van der Waals surface area contributed by atoms with Crippen LogP contribution in [0, 0.1) is 0 Å². The molecule has 1 unspecified atom stereocenters. The van der Waals surface area contributed by atoms with E-state index >= 15 is 0 Å². The first-order chi connectivity index (χ1) is 8.08. The second-order valence-corrected chi connectivity index (χ2v) is 7.89. The number of rotatable bonds is 7. The van der Waals surface area contributed by atoms with Crippen molar-refractivity contribution in [1.82, 2.24) is 4.90 Å². The molecule has 1 aromatic carbocycles. The summed E-state index contributed by atoms with van der Waals surface area (Å²) >= 11 is 0. The minimum atomic E-state index is -0.173. The van der Waals surface area contributed by atoms with E-state index in [1.807, 2.05) is 0 Å². The third-order valence-electron chi connectivity index (χ3n) is 3.56. The van der Waals surface area contributed by atoms with E-state index in [1.54, 1.807) is 7.11 Å². The van der Waals surface area contributed by atoms with Crippen molar-refractivity contribution in [2.75, 3.05) is 27.8 Å². The third kappa shape index (κ3) is 4.62. The number of nitrogens with zero attached hydrogens (tertiary/aromatic N) is 1. The number of hydrogen-bond acceptors (Lipinski definition) is 2. The Morgan fingerprint density at radius 2 is 1.88 bits per heavy atom. The lowest BCUT2D eigenvalue weighted by Gasteiger charge is -2.35. The molecule has 0 amide bonds. The summed E-state index contributed by atoms with van der Waals surface area (Å²) in [5, 5.41) is 0.281. The molecule has 0 aromatic heterocycles. The number of ether oxygens (including phenoxy) is 1. The van der Waals surface area contributed by atoms with E-state index < -0.39 is 0 Å². The minimum absolute atomic E-state index is 0.173. The smallest absolute Gasteiger partial charge is 0.0609 e. The quantitative estimate of drug-likeness (QED) is 0.685. The first-order valence-electron chi connectivity index (χ1n) is 6.29. The van der Waals surface area contributed by atoms with Crippen LogP contribution in [0.25, 0.3) is 0 Å². The van der Waals surface area contributed by atoms with E-state index in [9.17, 15) is 0 Å². The molecular formula is C14H25NOSi. The number of benzene rings is 1. The van der Waals surface area contributed by atoms with Gasteiger partial charge in [0.15, 0.2) is 0 Å². The molecule has 0 saturated heterocycles. The Balaban J connectivity index is 2.43. The molecule has 1 rings (SSSR count). The van der Waals surface area contributed by atoms with Crippen LogP contribution >= 0.6 is 0 Å². The molecule has 96 valence electrons. The van der Waals surface area contributed by atoms with Crippen molar-refractivity contribution < 1.29 is 4.74 Å². The average Bonchev–Trinajstić information content (AvgIpc) is 2.30. The van der Waals surface area contributed by atoms with Crippen molar-refractivity contribution in [3.05, 3.63) is 35.9 Å². The summed E-state index contributed by atoms with van der Waals surface area (Å²) in [6, 6.07) is 12.1. The molecule has 0 saturated carbocycles. The average molecular weight is 251 g/mol. The van der Waals surface area contributed by atoms with Crippen LogP contribution in [0.3, 0.4) is 0 Å². The fourth-order valence-electron chi connectivity index (χ4n) is 2.05. The van der Waals surface area contributed by atoms with Crippen molar-refractivity contribution in [3.8, 4) is 0 Å². The van der Waals surface area contributed by atoms with E-state index in [1.165, 1.54) is 18.0 Å². The highest BCUT2D eigenvalue weighted by atomic mass is 28.2. The Morgan fingerprint density at radius 1 is 1.24 bits per heavy atom. The molecule has 1 atom stereocenters. The lowest BCUT2D eigenvalue weighted by Crippen LogP contribution is -2.50. The molecule has 0 aliphatic carbocycles. The summed E-state index contributed by atoms with van der Waals surface area (Å²) in [5.41, 5.74) is 1.46. The first kappa shape index (κ1) is 14.4. The maximum absolute atomic E-state index is 5.36. The molecule has 0 aliphatic heterocycles. The molecule has 0 aliphatic rings. The van der Waals surface area contributed by atoms with Gasteiger partial charge in [0.2, 0.25) is 0 Å². The van der Waals surface area contributed by atoms with Gasteiger partial charge in [0.25, 0.3) is 0 Å². The molecule has 3 heteroatoms. The van der Waals surface area contributed by atoms with Crippen LogP contribution in [0.1, 0.15) is 12.5 Å². The van der Waals surface area contributed by atoms with Crippen molar-refractivity contribution in [1.29, 1.82) is 0 Å². The van der Waals surface area contributed by atoms with Gasteiger partial charge < -0.3 is 9.64 Å². The molecular weight excluding hydrogens is 226 g/mol. The predicted molar refractivity (Wildman–Crippen MR) is 77.5 cm³/mol. The van der Waals surface area contributed by atoms with Crippen molar-refractivity contribution in [2.24, 2.45) is 0 Å². The van der Waals surface area contributed by atoms with Crippen LogP contribution in [0.4, 0.5) is 0 Å². The Morgan fingerprint density at radius 3 is 2.41 bits per heavy atom. The SMILES string of the molecule is COCC(C)([SiH2]CCc1ccccc1)N(C)C. The Kier molecular flexibility index (Phi) is 5.89. The van der Waals surface area contributed by atoms with Gasteiger partial charge in [-0.25, -0.2) is 0 Å². The minimum Gasteiger partial charge on any atom is -0.383 e. The van der Waals surface area contributed by atoms with Gasteiger partial charge in [-0.05, 0) is 33.0 Å². The van der Waals surface area contributed by atoms with Gasteiger partial charge in [-0.3, -0.25) is 0 Å². The summed E-state index contributed by atoms with van der Waals surface area (Å²) < 4.78 is 5.36. The van der Waals surface area contributed by atoms with Crippen LogP contribution in [0.15, 0.2) is 30.3 Å². The van der Waals surface area contributed by atoms with E-state index in [-0.39, 0.29) is 14.7 Å². The molecule has 0 fully saturated rings. The monoisotopic (exact) mass is 251 g/mol. The van der Waals surface area contributed by atoms with Gasteiger partial charge >= 0.3 is 0 Å². The maximum atomic E-state index is 5.36. The van der Waals surface area contributed by atoms with Crippen molar-refractivity contribution in [3.63, 3.8) is 0 Å². The zero-order valence-corrected chi connectivity index (χ0v) is 13.0. The van der Waals surface area contributed by atoms with Gasteiger partial charge in [-0.1, -0.05) is 36.4 Å². The zero-order valence-electron chi connectivity index (χ0n) is 11.6. The third-order valence-corrected chi connectivity index (χ3v) is 6.18. The number of methoxy groups -OCH3 is 1. The molecule has 17 heavy (non-hydrogen) atoms. The van der Waals surface area contributed by atoms with E-state index in [4.69, 9.17) is 4.74 Å². The van der Waals surface area contributed by atoms with Gasteiger partial charge in [-0.2, -0.15) is 0 Å². The molecule has 0 bridgehead atoms. The fraction of sp³-hybridized carbons (Fsp3) is 0.571. The molecule has 2 nitrogen and oxygen atoms in total. The number of likely N-dealkylation sites (N-methyl/N-ethyl adjacent to an activating group) is 1. The predicted octanol–water partition coefficient (Wildman–Crippen LogP) is 1.74. The summed E-state index contributed by atoms with van der Waals surface area (Å²) in [6.45, 7) is 3.18. The highest BCUT2D eigenvalue weighted by molar-refractivity contribution is 6.40. The normalized spacial score (nSPS) is 15.6. The van der Waals surface area contributed by atoms with Crippen molar-refractivity contribution in [2.45, 2.75) is 24.6 Å². The second kappa shape index (κ2) is 6.94. The number of hydrogen-bond donors (Lipinski definition) is 0. The number of aryl methyl sites for hydroxylation is 1. The summed E-state index contributed by atoms with van der Waals surface area (Å²) in [6.07, 6.45) is 1.21. The summed E-state index contributed by atoms with van der Waals surface area (Å²) in [7, 11) is 5.95. The summed E-state index contributed by atoms with van der Waals surface area (Å²) in [4.78, 5) is 2.33. The Bertz CT molecular complexity index is 315. The van der Waals surface area contributed by atoms with Crippen LogP contribution in [-0.2, 0) is 11.2 Å². The molecule has 0 radical (unpaired) electrons. The van der Waals surface area contributed by atoms with Crippen LogP contribution in [-0.4, -0.2) is 47.4 Å². The molecule has 1 aromatic rings. The highest BCUT2D eigenvalue weighted by Crippen LogP contribution is 2.13. The molecule has 0 heterocycles. The first-order valence-corrected chi connectivity index (χ1v) is 7.99. The Hall–Kier alpha value is -0.643. The zero-order chi connectivity index (χ0) is 12.7. The van der Waals surface area contributed by atoms with Gasteiger partial charge in [0.05, 0.1) is 6.61 Å². The maximum Gasteiger partial charge on any atom is 0.0609 e. The van der Waals surface area contributed by atoms with Crippen LogP contribution in [0.2, 0.25) is 6.04 Å². The fourth-order valence-corrected chi connectivity index (χ4v) is 4.20. The van der Waals surface area contributed by atoms with Gasteiger partial charge in [0, 0.05) is 21.8 Å². The highest BCUT2D eigenvalue weighted by Gasteiger charge is 2.26. The Labute approximate surface area is 108 Å². The van der Waals surface area contributed by atoms with Gasteiger partial charge in [-0.15, -0.1) is 0 Å². The van der Waals surface area contributed by atoms with Crippen molar-refractivity contribution >= 4 is 9.52 Å². The van der Waals surface area contributed by atoms with Crippen LogP contribution < -0.4 is 0 Å². The molecule has 0 spiro atoms. The van der Waals surface area contributed by atoms with E-state index in [2.05, 4.69) is 56.3 Å². The van der Waals surface area contributed by atoms with Gasteiger partial charge in [0.1, 0.15) is 0 Å². The van der Waals surface area contributed by atoms with E-state index in [0.29, 0.717) is 0 Å². The topological polar surface area (TPSA) is 12.5 Å². The van der Waals surface area contributed by atoms with E-state index in [0.717, 1.165) is 6.61 Å². The molecule has 0 N–H and O–H groups in total. The van der Waals surface area contributed by atoms with Crippen LogP contribution in [0.5, 0.6) is 0 Å². The lowest BCUT2D eigenvalue weighted by atomic mass is 10.2. The lowest BCUT2D eigenvalue weighted by molar-refractivity contribution is 0.103. The second-order valence-electron chi connectivity index (χ2n) is 5.16. The largest absolute Gasteiger partial charge is 0.383 e.